The second-order valence-corrected chi connectivity index (χ2v) is 6.47. The summed E-state index contributed by atoms with van der Waals surface area (Å²) >= 11 is 3.42. The van der Waals surface area contributed by atoms with Gasteiger partial charge >= 0.3 is 0 Å². The summed E-state index contributed by atoms with van der Waals surface area (Å²) in [7, 11) is 0. The number of nitrogens with zero attached hydrogens (tertiary/aromatic N) is 1. The number of benzene rings is 2. The number of halogens is 1. The first-order chi connectivity index (χ1) is 11.1. The van der Waals surface area contributed by atoms with Crippen LogP contribution in [0, 0.1) is 0 Å². The van der Waals surface area contributed by atoms with Gasteiger partial charge in [-0.1, -0.05) is 28.1 Å². The molecule has 6 heteroatoms. The maximum absolute atomic E-state index is 12.3. The Labute approximate surface area is 142 Å². The lowest BCUT2D eigenvalue weighted by Gasteiger charge is -2.45. The van der Waals surface area contributed by atoms with Crippen LogP contribution in [0.25, 0.3) is 0 Å². The van der Waals surface area contributed by atoms with Crippen molar-refractivity contribution in [3.05, 3.63) is 52.5 Å². The van der Waals surface area contributed by atoms with Crippen molar-refractivity contribution in [2.45, 2.75) is 12.1 Å². The zero-order valence-corrected chi connectivity index (χ0v) is 13.8. The van der Waals surface area contributed by atoms with Gasteiger partial charge in [0.2, 0.25) is 5.91 Å². The van der Waals surface area contributed by atoms with Gasteiger partial charge in [0.15, 0.2) is 11.5 Å². The molecule has 118 valence electrons. The SMILES string of the molecule is N[C@@H]1C(=O)N(c2ccc3c(c2)OCCO3)[C@@H]1c1ccc(Br)cc1. The third-order valence-corrected chi connectivity index (χ3v) is 4.69. The van der Waals surface area contributed by atoms with Crippen molar-refractivity contribution in [1.82, 2.24) is 0 Å². The number of ether oxygens (including phenoxy) is 2. The van der Waals surface area contributed by atoms with E-state index in [1.54, 1.807) is 4.90 Å². The average molecular weight is 375 g/mol. The Balaban J connectivity index is 1.69. The third kappa shape index (κ3) is 2.38. The average Bonchev–Trinajstić information content (AvgIpc) is 2.59. The van der Waals surface area contributed by atoms with Crippen molar-refractivity contribution in [3.63, 3.8) is 0 Å². The smallest absolute Gasteiger partial charge is 0.247 e. The summed E-state index contributed by atoms with van der Waals surface area (Å²) in [6, 6.07) is 12.7. The van der Waals surface area contributed by atoms with E-state index in [9.17, 15) is 4.79 Å². The Bertz CT molecular complexity index is 763. The number of anilines is 1. The summed E-state index contributed by atoms with van der Waals surface area (Å²) in [5.41, 5.74) is 7.82. The fraction of sp³-hybridized carbons (Fsp3) is 0.235. The zero-order chi connectivity index (χ0) is 16.0. The van der Waals surface area contributed by atoms with Crippen LogP contribution in [0.15, 0.2) is 46.9 Å². The molecule has 0 bridgehead atoms. The summed E-state index contributed by atoms with van der Waals surface area (Å²) in [5, 5.41) is 0. The first-order valence-corrected chi connectivity index (χ1v) is 8.18. The molecular weight excluding hydrogens is 360 g/mol. The second kappa shape index (κ2) is 5.54. The predicted octanol–water partition coefficient (Wildman–Crippen LogP) is 2.64. The molecule has 2 aromatic rings. The molecule has 2 aromatic carbocycles. The van der Waals surface area contributed by atoms with E-state index in [4.69, 9.17) is 15.2 Å². The Morgan fingerprint density at radius 2 is 1.74 bits per heavy atom. The van der Waals surface area contributed by atoms with Crippen molar-refractivity contribution in [2.24, 2.45) is 5.73 Å². The maximum atomic E-state index is 12.3. The summed E-state index contributed by atoms with van der Waals surface area (Å²) in [6.07, 6.45) is 0. The molecule has 2 N–H and O–H groups in total. The van der Waals surface area contributed by atoms with E-state index in [0.717, 1.165) is 15.7 Å². The lowest BCUT2D eigenvalue weighted by molar-refractivity contribution is -0.126. The highest BCUT2D eigenvalue weighted by Crippen LogP contribution is 2.42. The minimum Gasteiger partial charge on any atom is -0.486 e. The molecule has 2 heterocycles. The molecule has 5 nitrogen and oxygen atoms in total. The van der Waals surface area contributed by atoms with E-state index in [2.05, 4.69) is 15.9 Å². The fourth-order valence-corrected chi connectivity index (χ4v) is 3.26. The van der Waals surface area contributed by atoms with Crippen molar-refractivity contribution in [2.75, 3.05) is 18.1 Å². The number of carbonyl (C=O) groups excluding carboxylic acids is 1. The molecule has 2 aliphatic rings. The molecule has 0 aromatic heterocycles. The monoisotopic (exact) mass is 374 g/mol. The molecule has 1 fully saturated rings. The molecule has 23 heavy (non-hydrogen) atoms. The largest absolute Gasteiger partial charge is 0.486 e. The molecule has 0 spiro atoms. The van der Waals surface area contributed by atoms with Gasteiger partial charge in [-0.05, 0) is 29.8 Å². The van der Waals surface area contributed by atoms with Crippen LogP contribution in [0.2, 0.25) is 0 Å². The summed E-state index contributed by atoms with van der Waals surface area (Å²) in [5.74, 6) is 1.28. The quantitative estimate of drug-likeness (QED) is 0.820. The van der Waals surface area contributed by atoms with Gasteiger partial charge in [0.1, 0.15) is 19.3 Å². The number of amides is 1. The number of carbonyl (C=O) groups is 1. The van der Waals surface area contributed by atoms with Gasteiger partial charge in [-0.15, -0.1) is 0 Å². The highest BCUT2D eigenvalue weighted by atomic mass is 79.9. The Morgan fingerprint density at radius 3 is 2.48 bits per heavy atom. The summed E-state index contributed by atoms with van der Waals surface area (Å²) in [4.78, 5) is 14.0. The number of β-lactam (4-membered cyclic amide) rings is 1. The van der Waals surface area contributed by atoms with Crippen molar-refractivity contribution < 1.29 is 14.3 Å². The van der Waals surface area contributed by atoms with Gasteiger partial charge in [0, 0.05) is 16.2 Å². The van der Waals surface area contributed by atoms with Crippen molar-refractivity contribution in [3.8, 4) is 11.5 Å². The molecule has 4 rings (SSSR count). The van der Waals surface area contributed by atoms with E-state index in [-0.39, 0.29) is 11.9 Å². The van der Waals surface area contributed by atoms with Gasteiger partial charge in [0.05, 0.1) is 6.04 Å². The van der Waals surface area contributed by atoms with E-state index >= 15 is 0 Å². The topological polar surface area (TPSA) is 64.8 Å². The van der Waals surface area contributed by atoms with Crippen LogP contribution in [0.4, 0.5) is 5.69 Å². The number of hydrogen-bond donors (Lipinski definition) is 1. The minimum atomic E-state index is -0.524. The first kappa shape index (κ1) is 14.5. The van der Waals surface area contributed by atoms with Crippen LogP contribution in [0.5, 0.6) is 11.5 Å². The lowest BCUT2D eigenvalue weighted by atomic mass is 9.88. The number of hydrogen-bond acceptors (Lipinski definition) is 4. The standard InChI is InChI=1S/C17H15BrN2O3/c18-11-3-1-10(2-4-11)16-15(19)17(21)20(16)12-5-6-13-14(9-12)23-8-7-22-13/h1-6,9,15-16H,7-8,19H2/t15-,16+/m0/s1. The molecule has 0 unspecified atom stereocenters. The van der Waals surface area contributed by atoms with Crippen LogP contribution in [0.3, 0.4) is 0 Å². The molecule has 2 aliphatic heterocycles. The number of rotatable bonds is 2. The molecule has 0 aliphatic carbocycles. The van der Waals surface area contributed by atoms with E-state index in [0.29, 0.717) is 24.7 Å². The first-order valence-electron chi connectivity index (χ1n) is 7.39. The van der Waals surface area contributed by atoms with Gasteiger partial charge in [-0.2, -0.15) is 0 Å². The van der Waals surface area contributed by atoms with Gasteiger partial charge in [0.25, 0.3) is 0 Å². The van der Waals surface area contributed by atoms with Gasteiger partial charge in [-0.25, -0.2) is 0 Å². The molecule has 0 radical (unpaired) electrons. The highest BCUT2D eigenvalue weighted by molar-refractivity contribution is 9.10. The van der Waals surface area contributed by atoms with E-state index in [1.165, 1.54) is 0 Å². The summed E-state index contributed by atoms with van der Waals surface area (Å²) < 4.78 is 12.1. The lowest BCUT2D eigenvalue weighted by Crippen LogP contribution is -2.63. The minimum absolute atomic E-state index is 0.0883. The second-order valence-electron chi connectivity index (χ2n) is 5.56. The maximum Gasteiger partial charge on any atom is 0.247 e. The number of fused-ring (bicyclic) bond motifs is 1. The normalized spacial score (nSPS) is 22.7. The molecule has 2 atom stereocenters. The molecule has 0 saturated carbocycles. The van der Waals surface area contributed by atoms with E-state index < -0.39 is 6.04 Å². The molecule has 1 amide bonds. The van der Waals surface area contributed by atoms with Crippen LogP contribution < -0.4 is 20.1 Å². The fourth-order valence-electron chi connectivity index (χ4n) is 3.00. The van der Waals surface area contributed by atoms with Crippen LogP contribution in [0.1, 0.15) is 11.6 Å². The molecule has 1 saturated heterocycles. The third-order valence-electron chi connectivity index (χ3n) is 4.16. The molecular formula is C17H15BrN2O3. The van der Waals surface area contributed by atoms with Crippen LogP contribution in [-0.2, 0) is 4.79 Å². The Kier molecular flexibility index (Phi) is 3.50. The van der Waals surface area contributed by atoms with Crippen LogP contribution in [-0.4, -0.2) is 25.2 Å². The Hall–Kier alpha value is -2.05. The zero-order valence-electron chi connectivity index (χ0n) is 12.2. The van der Waals surface area contributed by atoms with E-state index in [1.807, 2.05) is 42.5 Å². The van der Waals surface area contributed by atoms with Crippen molar-refractivity contribution in [1.29, 1.82) is 0 Å². The van der Waals surface area contributed by atoms with Gasteiger partial charge < -0.3 is 20.1 Å². The van der Waals surface area contributed by atoms with Gasteiger partial charge in [-0.3, -0.25) is 4.79 Å². The predicted molar refractivity (Wildman–Crippen MR) is 89.8 cm³/mol. The Morgan fingerprint density at radius 1 is 1.04 bits per heavy atom. The highest BCUT2D eigenvalue weighted by Gasteiger charge is 2.46. The number of nitrogens with two attached hydrogens (primary N) is 1. The van der Waals surface area contributed by atoms with Crippen molar-refractivity contribution >= 4 is 27.5 Å². The summed E-state index contributed by atoms with van der Waals surface area (Å²) in [6.45, 7) is 1.06. The van der Waals surface area contributed by atoms with Crippen LogP contribution >= 0.6 is 15.9 Å².